The average molecular weight is 648 g/mol. The Morgan fingerprint density at radius 3 is 2.52 bits per heavy atom. The lowest BCUT2D eigenvalue weighted by Gasteiger charge is -2.46. The van der Waals surface area contributed by atoms with E-state index in [0.29, 0.717) is 12.8 Å². The SMILES string of the molecule is COC(=O)c1cccc(C2C=C(C(F)(F)F)C=CC2NC(=O)C2=C(O)C3(C)CCCN3N(Cc3cccc(F)c3F)C2=O)c1OC. The van der Waals surface area contributed by atoms with E-state index in [1.807, 2.05) is 0 Å². The molecule has 1 fully saturated rings. The molecule has 0 spiro atoms. The molecular weight excluding hydrogens is 617 g/mol. The van der Waals surface area contributed by atoms with Crippen molar-refractivity contribution >= 4 is 17.8 Å². The molecule has 14 heteroatoms. The van der Waals surface area contributed by atoms with E-state index in [4.69, 9.17) is 9.47 Å². The fourth-order valence-electron chi connectivity index (χ4n) is 6.21. The maximum absolute atomic E-state index is 14.6. The molecule has 1 aliphatic carbocycles. The number of hydrazine groups is 1. The summed E-state index contributed by atoms with van der Waals surface area (Å²) in [7, 11) is 2.35. The topological polar surface area (TPSA) is 108 Å². The summed E-state index contributed by atoms with van der Waals surface area (Å²) >= 11 is 0. The van der Waals surface area contributed by atoms with Gasteiger partial charge in [0.05, 0.1) is 37.9 Å². The molecule has 3 unspecified atom stereocenters. The van der Waals surface area contributed by atoms with Gasteiger partial charge in [-0.15, -0.1) is 0 Å². The molecule has 0 bridgehead atoms. The molecule has 3 atom stereocenters. The van der Waals surface area contributed by atoms with E-state index in [1.165, 1.54) is 42.5 Å². The van der Waals surface area contributed by atoms with Gasteiger partial charge in [0.25, 0.3) is 11.8 Å². The van der Waals surface area contributed by atoms with Crippen molar-refractivity contribution in [3.05, 3.63) is 99.9 Å². The lowest BCUT2D eigenvalue weighted by Crippen LogP contribution is -2.61. The number of rotatable bonds is 7. The number of aliphatic hydroxyl groups is 1. The zero-order valence-electron chi connectivity index (χ0n) is 25.0. The highest BCUT2D eigenvalue weighted by molar-refractivity contribution is 6.19. The van der Waals surface area contributed by atoms with Crippen LogP contribution in [0, 0.1) is 11.6 Å². The predicted octanol–water partition coefficient (Wildman–Crippen LogP) is 5.01. The predicted molar refractivity (Wildman–Crippen MR) is 153 cm³/mol. The van der Waals surface area contributed by atoms with Gasteiger partial charge in [-0.1, -0.05) is 42.5 Å². The first-order valence-electron chi connectivity index (χ1n) is 14.2. The maximum atomic E-state index is 14.6. The third-order valence-corrected chi connectivity index (χ3v) is 8.54. The number of alkyl halides is 3. The van der Waals surface area contributed by atoms with E-state index in [2.05, 4.69) is 5.32 Å². The molecule has 2 amide bonds. The van der Waals surface area contributed by atoms with Crippen LogP contribution in [0.25, 0.3) is 0 Å². The number of aliphatic hydroxyl groups excluding tert-OH is 1. The molecule has 3 aliphatic rings. The molecule has 2 heterocycles. The molecule has 2 N–H and O–H groups in total. The van der Waals surface area contributed by atoms with Gasteiger partial charge < -0.3 is 19.9 Å². The highest BCUT2D eigenvalue weighted by Crippen LogP contribution is 2.43. The molecule has 0 aromatic heterocycles. The van der Waals surface area contributed by atoms with Gasteiger partial charge >= 0.3 is 12.1 Å². The van der Waals surface area contributed by atoms with Gasteiger partial charge in [0, 0.05) is 23.6 Å². The highest BCUT2D eigenvalue weighted by atomic mass is 19.4. The van der Waals surface area contributed by atoms with Gasteiger partial charge in [-0.2, -0.15) is 13.2 Å². The van der Waals surface area contributed by atoms with E-state index in [-0.39, 0.29) is 29.0 Å². The second-order valence-corrected chi connectivity index (χ2v) is 11.2. The minimum absolute atomic E-state index is 0.0682. The second kappa shape index (κ2) is 12.2. The minimum Gasteiger partial charge on any atom is -0.509 e. The number of para-hydroxylation sites is 1. The zero-order valence-corrected chi connectivity index (χ0v) is 25.0. The first-order chi connectivity index (χ1) is 21.7. The van der Waals surface area contributed by atoms with E-state index < -0.39 is 76.5 Å². The van der Waals surface area contributed by atoms with Crippen LogP contribution in [0.4, 0.5) is 22.0 Å². The standard InChI is InChI=1S/C32H30F5N3O6/c1-31-13-6-14-40(31)39(16-17-7-4-10-22(33)25(17)34)29(43)24(27(31)41)28(42)38-23-12-11-18(32(35,36)37)15-21(23)19-8-5-9-20(26(19)45-2)30(44)46-3/h4-5,7-12,15,21,23,41H,6,13-14,16H2,1-3H3,(H,38,42). The Morgan fingerprint density at radius 2 is 1.85 bits per heavy atom. The molecule has 1 saturated heterocycles. The number of benzene rings is 2. The number of methoxy groups -OCH3 is 2. The Labute approximate surface area is 260 Å². The molecule has 244 valence electrons. The molecule has 0 radical (unpaired) electrons. The van der Waals surface area contributed by atoms with Crippen molar-refractivity contribution in [2.24, 2.45) is 0 Å². The smallest absolute Gasteiger partial charge is 0.416 e. The monoisotopic (exact) mass is 647 g/mol. The quantitative estimate of drug-likeness (QED) is 0.247. The number of nitrogens with zero attached hydrogens (tertiary/aromatic N) is 2. The minimum atomic E-state index is -4.76. The number of esters is 1. The van der Waals surface area contributed by atoms with Crippen LogP contribution in [0.2, 0.25) is 0 Å². The summed E-state index contributed by atoms with van der Waals surface area (Å²) in [6.45, 7) is 1.41. The molecule has 5 rings (SSSR count). The van der Waals surface area contributed by atoms with Gasteiger partial charge in [-0.25, -0.2) is 18.6 Å². The van der Waals surface area contributed by atoms with Crippen LogP contribution in [-0.4, -0.2) is 71.4 Å². The normalized spacial score (nSPS) is 23.3. The van der Waals surface area contributed by atoms with Crippen molar-refractivity contribution in [2.45, 2.75) is 50.0 Å². The number of carbonyl (C=O) groups is 3. The third-order valence-electron chi connectivity index (χ3n) is 8.54. The lowest BCUT2D eigenvalue weighted by molar-refractivity contribution is -0.161. The molecule has 0 saturated carbocycles. The van der Waals surface area contributed by atoms with Gasteiger partial charge in [0.1, 0.15) is 22.6 Å². The Morgan fingerprint density at radius 1 is 1.13 bits per heavy atom. The summed E-state index contributed by atoms with van der Waals surface area (Å²) in [5.74, 6) is -7.13. The van der Waals surface area contributed by atoms with Crippen molar-refractivity contribution in [2.75, 3.05) is 20.8 Å². The van der Waals surface area contributed by atoms with Crippen molar-refractivity contribution in [3.8, 4) is 5.75 Å². The van der Waals surface area contributed by atoms with Crippen LogP contribution in [0.15, 0.2) is 71.5 Å². The van der Waals surface area contributed by atoms with E-state index in [9.17, 15) is 41.4 Å². The maximum Gasteiger partial charge on any atom is 0.416 e. The number of allylic oxidation sites excluding steroid dienone is 2. The summed E-state index contributed by atoms with van der Waals surface area (Å²) in [6.07, 6.45) is -1.23. The number of fused-ring (bicyclic) bond motifs is 1. The summed E-state index contributed by atoms with van der Waals surface area (Å²) in [6, 6.07) is 6.46. The Kier molecular flexibility index (Phi) is 8.69. The van der Waals surface area contributed by atoms with E-state index in [1.54, 1.807) is 6.92 Å². The van der Waals surface area contributed by atoms with Crippen LogP contribution in [0.3, 0.4) is 0 Å². The van der Waals surface area contributed by atoms with E-state index in [0.717, 1.165) is 36.4 Å². The zero-order chi connectivity index (χ0) is 33.6. The summed E-state index contributed by atoms with van der Waals surface area (Å²) in [5, 5.41) is 16.5. The number of nitrogens with one attached hydrogen (secondary N) is 1. The number of hydrogen-bond acceptors (Lipinski definition) is 7. The largest absolute Gasteiger partial charge is 0.509 e. The van der Waals surface area contributed by atoms with Gasteiger partial charge in [-0.3, -0.25) is 14.6 Å². The summed E-state index contributed by atoms with van der Waals surface area (Å²) in [4.78, 5) is 40.1. The number of halogens is 5. The highest BCUT2D eigenvalue weighted by Gasteiger charge is 2.53. The van der Waals surface area contributed by atoms with Crippen molar-refractivity contribution in [1.29, 1.82) is 0 Å². The Bertz CT molecular complexity index is 1690. The van der Waals surface area contributed by atoms with Crippen molar-refractivity contribution in [3.63, 3.8) is 0 Å². The van der Waals surface area contributed by atoms with Crippen LogP contribution in [0.1, 0.15) is 47.2 Å². The summed E-state index contributed by atoms with van der Waals surface area (Å²) < 4.78 is 80.4. The molecular formula is C32H30F5N3O6. The molecule has 2 aromatic carbocycles. The first-order valence-corrected chi connectivity index (χ1v) is 14.2. The average Bonchev–Trinajstić information content (AvgIpc) is 3.43. The van der Waals surface area contributed by atoms with E-state index >= 15 is 0 Å². The fourth-order valence-corrected chi connectivity index (χ4v) is 6.21. The van der Waals surface area contributed by atoms with Crippen molar-refractivity contribution in [1.82, 2.24) is 15.3 Å². The van der Waals surface area contributed by atoms with Crippen molar-refractivity contribution < 1.29 is 50.9 Å². The number of carbonyl (C=O) groups excluding carboxylic acids is 3. The fraction of sp³-hybridized carbons (Fsp3) is 0.344. The van der Waals surface area contributed by atoms with Crippen LogP contribution < -0.4 is 10.1 Å². The first kappa shape index (κ1) is 32.7. The number of ether oxygens (including phenoxy) is 2. The number of amides is 2. The lowest BCUT2D eigenvalue weighted by atomic mass is 9.83. The number of hydrogen-bond donors (Lipinski definition) is 2. The van der Waals surface area contributed by atoms with Crippen LogP contribution >= 0.6 is 0 Å². The van der Waals surface area contributed by atoms with Gasteiger partial charge in [-0.05, 0) is 31.9 Å². The van der Waals surface area contributed by atoms with Crippen LogP contribution in [-0.2, 0) is 20.9 Å². The van der Waals surface area contributed by atoms with Crippen LogP contribution in [0.5, 0.6) is 5.75 Å². The molecule has 2 aliphatic heterocycles. The summed E-state index contributed by atoms with van der Waals surface area (Å²) in [5.41, 5.74) is -3.10. The second-order valence-electron chi connectivity index (χ2n) is 11.2. The van der Waals surface area contributed by atoms with Gasteiger partial charge in [0.2, 0.25) is 0 Å². The molecule has 2 aromatic rings. The Hall–Kier alpha value is -4.72. The third kappa shape index (κ3) is 5.61. The molecule has 9 nitrogen and oxygen atoms in total. The Balaban J connectivity index is 1.54. The van der Waals surface area contributed by atoms with Gasteiger partial charge in [0.15, 0.2) is 11.6 Å². The molecule has 46 heavy (non-hydrogen) atoms.